The zero-order valence-corrected chi connectivity index (χ0v) is 7.52. The highest BCUT2D eigenvalue weighted by molar-refractivity contribution is 7.13. The molecule has 1 aliphatic carbocycles. The number of thiazole rings is 1. The maximum atomic E-state index is 10.6. The lowest BCUT2D eigenvalue weighted by molar-refractivity contribution is 0.0696. The van der Waals surface area contributed by atoms with Crippen LogP contribution in [-0.2, 0) is 0 Å². The van der Waals surface area contributed by atoms with Crippen molar-refractivity contribution in [2.24, 2.45) is 0 Å². The molecule has 1 heterocycles. The summed E-state index contributed by atoms with van der Waals surface area (Å²) in [5.74, 6) is -0.357. The molecule has 12 heavy (non-hydrogen) atoms. The molecule has 0 unspecified atom stereocenters. The molecule has 0 atom stereocenters. The minimum absolute atomic E-state index is 0.231. The first-order valence-corrected chi connectivity index (χ1v) is 4.70. The Labute approximate surface area is 74.1 Å². The third-order valence-corrected chi connectivity index (χ3v) is 2.95. The number of carbonyl (C=O) groups is 1. The Hall–Kier alpha value is -0.900. The van der Waals surface area contributed by atoms with Gasteiger partial charge in [-0.3, -0.25) is 0 Å². The lowest BCUT2D eigenvalue weighted by Crippen LogP contribution is -1.94. The topological polar surface area (TPSA) is 50.2 Å². The molecule has 1 aromatic rings. The molecular formula is C8H9NO2S. The molecule has 0 amide bonds. The fraction of sp³-hybridized carbons (Fsp3) is 0.500. The van der Waals surface area contributed by atoms with E-state index in [4.69, 9.17) is 5.11 Å². The first-order valence-electron chi connectivity index (χ1n) is 3.89. The summed E-state index contributed by atoms with van der Waals surface area (Å²) in [4.78, 5) is 15.7. The van der Waals surface area contributed by atoms with E-state index >= 15 is 0 Å². The fourth-order valence-corrected chi connectivity index (χ4v) is 2.07. The monoisotopic (exact) mass is 183 g/mol. The second-order valence-corrected chi connectivity index (χ2v) is 4.24. The number of aromatic carboxylic acids is 1. The molecule has 2 rings (SSSR count). The Bertz CT molecular complexity index is 328. The van der Waals surface area contributed by atoms with Gasteiger partial charge in [0, 0.05) is 10.8 Å². The highest BCUT2D eigenvalue weighted by Gasteiger charge is 2.29. The summed E-state index contributed by atoms with van der Waals surface area (Å²) < 4.78 is 0. The largest absolute Gasteiger partial charge is 0.476 e. The molecule has 4 heteroatoms. The number of rotatable bonds is 2. The molecule has 0 saturated heterocycles. The summed E-state index contributed by atoms with van der Waals surface area (Å²) in [5.41, 5.74) is 1.01. The van der Waals surface area contributed by atoms with E-state index in [0.29, 0.717) is 5.92 Å². The van der Waals surface area contributed by atoms with Gasteiger partial charge in [-0.25, -0.2) is 9.78 Å². The van der Waals surface area contributed by atoms with Crippen LogP contribution in [0.5, 0.6) is 0 Å². The summed E-state index contributed by atoms with van der Waals surface area (Å²) in [7, 11) is 0. The number of aryl methyl sites for hydroxylation is 1. The van der Waals surface area contributed by atoms with Gasteiger partial charge in [-0.1, -0.05) is 0 Å². The minimum atomic E-state index is -0.907. The molecule has 1 saturated carbocycles. The Morgan fingerprint density at radius 1 is 1.67 bits per heavy atom. The molecule has 0 aromatic carbocycles. The van der Waals surface area contributed by atoms with Crippen molar-refractivity contribution in [2.45, 2.75) is 25.7 Å². The van der Waals surface area contributed by atoms with Crippen molar-refractivity contribution in [3.05, 3.63) is 15.6 Å². The van der Waals surface area contributed by atoms with Gasteiger partial charge in [0.25, 0.3) is 0 Å². The molecule has 1 aromatic heterocycles. The van der Waals surface area contributed by atoms with E-state index < -0.39 is 5.97 Å². The summed E-state index contributed by atoms with van der Waals surface area (Å²) >= 11 is 1.28. The van der Waals surface area contributed by atoms with E-state index in [0.717, 1.165) is 10.6 Å². The molecule has 0 spiro atoms. The van der Waals surface area contributed by atoms with Gasteiger partial charge in [-0.15, -0.1) is 11.3 Å². The molecular weight excluding hydrogens is 174 g/mol. The summed E-state index contributed by atoms with van der Waals surface area (Å²) in [6.07, 6.45) is 2.34. The number of hydrogen-bond donors (Lipinski definition) is 1. The van der Waals surface area contributed by atoms with Gasteiger partial charge in [-0.2, -0.15) is 0 Å². The normalized spacial score (nSPS) is 16.4. The van der Waals surface area contributed by atoms with Crippen LogP contribution < -0.4 is 0 Å². The van der Waals surface area contributed by atoms with Gasteiger partial charge < -0.3 is 5.11 Å². The van der Waals surface area contributed by atoms with Gasteiger partial charge in [0.1, 0.15) is 0 Å². The second-order valence-electron chi connectivity index (χ2n) is 3.04. The van der Waals surface area contributed by atoms with Gasteiger partial charge in [0.2, 0.25) is 5.01 Å². The van der Waals surface area contributed by atoms with E-state index in [1.54, 1.807) is 0 Å². The Balaban J connectivity index is 2.36. The predicted octanol–water partition coefficient (Wildman–Crippen LogP) is 2.03. The molecule has 0 radical (unpaired) electrons. The summed E-state index contributed by atoms with van der Waals surface area (Å²) in [5, 5.41) is 8.90. The average Bonchev–Trinajstić information content (AvgIpc) is 2.75. The number of nitrogens with zero attached hydrogens (tertiary/aromatic N) is 1. The van der Waals surface area contributed by atoms with Gasteiger partial charge >= 0.3 is 5.97 Å². The molecule has 0 aliphatic heterocycles. The lowest BCUT2D eigenvalue weighted by Gasteiger charge is -1.88. The minimum Gasteiger partial charge on any atom is -0.476 e. The second kappa shape index (κ2) is 2.55. The van der Waals surface area contributed by atoms with Crippen LogP contribution in [0, 0.1) is 6.92 Å². The Morgan fingerprint density at radius 3 is 2.75 bits per heavy atom. The Kier molecular flexibility index (Phi) is 1.65. The highest BCUT2D eigenvalue weighted by Crippen LogP contribution is 2.42. The lowest BCUT2D eigenvalue weighted by atomic mass is 10.3. The van der Waals surface area contributed by atoms with E-state index in [9.17, 15) is 4.79 Å². The number of aromatic nitrogens is 1. The zero-order chi connectivity index (χ0) is 8.72. The van der Waals surface area contributed by atoms with Crippen LogP contribution in [0.3, 0.4) is 0 Å². The van der Waals surface area contributed by atoms with Crippen LogP contribution in [0.1, 0.15) is 39.1 Å². The van der Waals surface area contributed by atoms with Crippen LogP contribution >= 0.6 is 11.3 Å². The first-order chi connectivity index (χ1) is 5.68. The van der Waals surface area contributed by atoms with Crippen LogP contribution in [-0.4, -0.2) is 16.1 Å². The van der Waals surface area contributed by atoms with Crippen molar-refractivity contribution < 1.29 is 9.90 Å². The van der Waals surface area contributed by atoms with Crippen molar-refractivity contribution in [1.29, 1.82) is 0 Å². The van der Waals surface area contributed by atoms with Gasteiger partial charge in [0.15, 0.2) is 0 Å². The van der Waals surface area contributed by atoms with Crippen LogP contribution in [0.25, 0.3) is 0 Å². The predicted molar refractivity (Wildman–Crippen MR) is 45.8 cm³/mol. The van der Waals surface area contributed by atoms with Crippen LogP contribution in [0.2, 0.25) is 0 Å². The molecule has 0 bridgehead atoms. The number of carboxylic acid groups (broad SMARTS) is 1. The first kappa shape index (κ1) is 7.73. The number of hydrogen-bond acceptors (Lipinski definition) is 3. The van der Waals surface area contributed by atoms with E-state index in [1.165, 1.54) is 24.2 Å². The standard InChI is InChI=1S/C8H9NO2S/c1-4-6(5-2-3-5)9-7(12-4)8(10)11/h5H,2-3H2,1H3,(H,10,11). The highest BCUT2D eigenvalue weighted by atomic mass is 32.1. The third kappa shape index (κ3) is 1.22. The SMILES string of the molecule is Cc1sc(C(=O)O)nc1C1CC1. The summed E-state index contributed by atoms with van der Waals surface area (Å²) in [6, 6.07) is 0. The summed E-state index contributed by atoms with van der Waals surface area (Å²) in [6.45, 7) is 1.94. The number of carboxylic acids is 1. The van der Waals surface area contributed by atoms with Gasteiger partial charge in [-0.05, 0) is 19.8 Å². The van der Waals surface area contributed by atoms with E-state index in [2.05, 4.69) is 4.98 Å². The average molecular weight is 183 g/mol. The Morgan fingerprint density at radius 2 is 2.33 bits per heavy atom. The van der Waals surface area contributed by atoms with E-state index in [1.807, 2.05) is 6.92 Å². The smallest absolute Gasteiger partial charge is 0.365 e. The van der Waals surface area contributed by atoms with E-state index in [-0.39, 0.29) is 5.01 Å². The molecule has 1 aliphatic rings. The zero-order valence-electron chi connectivity index (χ0n) is 6.70. The van der Waals surface area contributed by atoms with Gasteiger partial charge in [0.05, 0.1) is 5.69 Å². The quantitative estimate of drug-likeness (QED) is 0.763. The van der Waals surface area contributed by atoms with Crippen molar-refractivity contribution in [1.82, 2.24) is 4.98 Å². The maximum Gasteiger partial charge on any atom is 0.365 e. The van der Waals surface area contributed by atoms with Crippen molar-refractivity contribution in [3.8, 4) is 0 Å². The molecule has 3 nitrogen and oxygen atoms in total. The molecule has 64 valence electrons. The van der Waals surface area contributed by atoms with Crippen molar-refractivity contribution in [3.63, 3.8) is 0 Å². The molecule has 1 N–H and O–H groups in total. The van der Waals surface area contributed by atoms with Crippen molar-refractivity contribution in [2.75, 3.05) is 0 Å². The van der Waals surface area contributed by atoms with Crippen LogP contribution in [0.4, 0.5) is 0 Å². The molecule has 1 fully saturated rings. The van der Waals surface area contributed by atoms with Crippen molar-refractivity contribution >= 4 is 17.3 Å². The fourth-order valence-electron chi connectivity index (χ4n) is 1.24. The van der Waals surface area contributed by atoms with Crippen LogP contribution in [0.15, 0.2) is 0 Å². The maximum absolute atomic E-state index is 10.6. The third-order valence-electron chi connectivity index (χ3n) is 1.98.